The third-order valence-corrected chi connectivity index (χ3v) is 8.05. The fourth-order valence-electron chi connectivity index (χ4n) is 4.77. The fraction of sp³-hybridized carbons (Fsp3) is 0.250. The number of aromatic nitrogens is 4. The topological polar surface area (TPSA) is 154 Å². The van der Waals surface area contributed by atoms with Crippen LogP contribution in [-0.4, -0.2) is 53.3 Å². The number of anilines is 4. The third-order valence-electron chi connectivity index (χ3n) is 6.84. The summed E-state index contributed by atoms with van der Waals surface area (Å²) in [5.74, 6) is 0.448. The van der Waals surface area contributed by atoms with Gasteiger partial charge in [0.15, 0.2) is 11.6 Å². The Labute approximate surface area is 213 Å². The third kappa shape index (κ3) is 4.00. The van der Waals surface area contributed by atoms with E-state index in [1.165, 1.54) is 12.4 Å². The monoisotopic (exact) mass is 524 g/mol. The van der Waals surface area contributed by atoms with Gasteiger partial charge in [0.25, 0.3) is 0 Å². The van der Waals surface area contributed by atoms with Gasteiger partial charge in [0, 0.05) is 60.7 Å². The van der Waals surface area contributed by atoms with Gasteiger partial charge < -0.3 is 16.0 Å². The summed E-state index contributed by atoms with van der Waals surface area (Å²) in [6.45, 7) is 2.57. The Morgan fingerprint density at radius 1 is 1.16 bits per heavy atom. The standard InChI is InChI=1S/C24H25FN8O3S/c1-12-16(8-27-18-11-37(35,36)31-24(12)18)15-5-13-6-19(28-9-17(13)23(26)22(15)25)29-20-7-14-3-4-32(2)21(34)10-33(14)30-20/h5-9,31,35-36H,3-4,10-11,26H2,1-2H3,(H,28,29,30). The van der Waals surface area contributed by atoms with Crippen molar-refractivity contribution in [3.8, 4) is 11.1 Å². The molecule has 0 saturated carbocycles. The molecule has 3 aromatic heterocycles. The maximum atomic E-state index is 15.4. The molecule has 0 unspecified atom stereocenters. The van der Waals surface area contributed by atoms with Crippen LogP contribution in [0.3, 0.4) is 0 Å². The highest BCUT2D eigenvalue weighted by Crippen LogP contribution is 2.52. The number of pyridine rings is 2. The number of carbonyl (C=O) groups excluding carboxylic acids is 1. The summed E-state index contributed by atoms with van der Waals surface area (Å²) in [6, 6.07) is 5.32. The predicted octanol–water partition coefficient (Wildman–Crippen LogP) is 3.87. The molecular formula is C24H25FN8O3S. The Bertz CT molecular complexity index is 1610. The summed E-state index contributed by atoms with van der Waals surface area (Å²) in [7, 11) is -1.22. The van der Waals surface area contributed by atoms with Crippen LogP contribution in [0.5, 0.6) is 0 Å². The Hall–Kier alpha value is -3.94. The van der Waals surface area contributed by atoms with Gasteiger partial charge in [-0.25, -0.2) is 9.37 Å². The van der Waals surface area contributed by atoms with E-state index in [4.69, 9.17) is 5.73 Å². The van der Waals surface area contributed by atoms with Crippen LogP contribution in [0.1, 0.15) is 17.0 Å². The molecule has 37 heavy (non-hydrogen) atoms. The average molecular weight is 525 g/mol. The van der Waals surface area contributed by atoms with E-state index >= 15 is 4.39 Å². The molecule has 6 rings (SSSR count). The average Bonchev–Trinajstić information content (AvgIpc) is 3.34. The lowest BCUT2D eigenvalue weighted by molar-refractivity contribution is -0.130. The van der Waals surface area contributed by atoms with E-state index in [-0.39, 0.29) is 29.5 Å². The molecule has 0 radical (unpaired) electrons. The zero-order valence-electron chi connectivity index (χ0n) is 20.1. The van der Waals surface area contributed by atoms with Gasteiger partial charge in [0.05, 0.1) is 17.1 Å². The van der Waals surface area contributed by atoms with Crippen molar-refractivity contribution in [1.82, 2.24) is 24.6 Å². The molecule has 192 valence electrons. The van der Waals surface area contributed by atoms with Crippen LogP contribution in [0.2, 0.25) is 0 Å². The van der Waals surface area contributed by atoms with Gasteiger partial charge in [0.2, 0.25) is 5.91 Å². The van der Waals surface area contributed by atoms with Crippen LogP contribution in [0, 0.1) is 12.7 Å². The summed E-state index contributed by atoms with van der Waals surface area (Å²) in [5.41, 5.74) is 9.48. The van der Waals surface area contributed by atoms with Crippen molar-refractivity contribution in [2.75, 3.05) is 29.4 Å². The van der Waals surface area contributed by atoms with Gasteiger partial charge in [-0.1, -0.05) is 0 Å². The number of carbonyl (C=O) groups is 1. The number of nitrogens with one attached hydrogen (secondary N) is 2. The molecule has 11 nitrogen and oxygen atoms in total. The molecule has 0 saturated heterocycles. The number of nitrogen functional groups attached to an aromatic ring is 1. The van der Waals surface area contributed by atoms with Crippen molar-refractivity contribution in [3.05, 3.63) is 53.4 Å². The number of hydrogen-bond donors (Lipinski definition) is 5. The lowest BCUT2D eigenvalue weighted by Crippen LogP contribution is -2.29. The van der Waals surface area contributed by atoms with E-state index in [1.54, 1.807) is 35.7 Å². The van der Waals surface area contributed by atoms with Crippen LogP contribution < -0.4 is 15.8 Å². The molecule has 5 heterocycles. The van der Waals surface area contributed by atoms with Crippen LogP contribution in [0.25, 0.3) is 21.9 Å². The highest BCUT2D eigenvalue weighted by molar-refractivity contribution is 8.25. The van der Waals surface area contributed by atoms with Crippen LogP contribution in [0.15, 0.2) is 30.6 Å². The minimum Gasteiger partial charge on any atom is -0.396 e. The predicted molar refractivity (Wildman–Crippen MR) is 141 cm³/mol. The molecule has 13 heteroatoms. The van der Waals surface area contributed by atoms with E-state index in [0.29, 0.717) is 57.9 Å². The molecule has 2 aliphatic rings. The van der Waals surface area contributed by atoms with Crippen molar-refractivity contribution < 1.29 is 18.3 Å². The van der Waals surface area contributed by atoms with E-state index in [0.717, 1.165) is 5.69 Å². The summed E-state index contributed by atoms with van der Waals surface area (Å²) < 4.78 is 39.9. The number of likely N-dealkylation sites (N-methyl/N-ethyl adjacent to an activating group) is 1. The van der Waals surface area contributed by atoms with Crippen molar-refractivity contribution in [2.45, 2.75) is 25.6 Å². The molecular weight excluding hydrogens is 499 g/mol. The largest absolute Gasteiger partial charge is 0.396 e. The minimum atomic E-state index is -3.00. The lowest BCUT2D eigenvalue weighted by atomic mass is 9.96. The second kappa shape index (κ2) is 8.30. The van der Waals surface area contributed by atoms with Gasteiger partial charge in [-0.05, 0) is 30.0 Å². The van der Waals surface area contributed by atoms with Crippen molar-refractivity contribution >= 4 is 50.5 Å². The molecule has 2 aliphatic heterocycles. The van der Waals surface area contributed by atoms with Crippen LogP contribution >= 0.6 is 10.8 Å². The smallest absolute Gasteiger partial charge is 0.244 e. The fourth-order valence-corrected chi connectivity index (χ4v) is 6.04. The molecule has 6 N–H and O–H groups in total. The summed E-state index contributed by atoms with van der Waals surface area (Å²) in [4.78, 5) is 22.6. The Balaban J connectivity index is 1.36. The number of benzene rings is 1. The Kier molecular flexibility index (Phi) is 5.26. The summed E-state index contributed by atoms with van der Waals surface area (Å²) >= 11 is 0. The lowest BCUT2D eigenvalue weighted by Gasteiger charge is -2.26. The summed E-state index contributed by atoms with van der Waals surface area (Å²) in [5, 5.41) is 8.79. The molecule has 0 spiro atoms. The van der Waals surface area contributed by atoms with Crippen molar-refractivity contribution in [3.63, 3.8) is 0 Å². The van der Waals surface area contributed by atoms with Gasteiger partial charge in [-0.2, -0.15) is 5.10 Å². The number of nitrogens with zero attached hydrogens (tertiary/aromatic N) is 5. The first-order valence-electron chi connectivity index (χ1n) is 11.6. The van der Waals surface area contributed by atoms with Crippen LogP contribution in [-0.2, 0) is 23.5 Å². The second-order valence-electron chi connectivity index (χ2n) is 9.34. The van der Waals surface area contributed by atoms with E-state index in [1.807, 2.05) is 6.07 Å². The van der Waals surface area contributed by atoms with Gasteiger partial charge >= 0.3 is 0 Å². The molecule has 0 atom stereocenters. The molecule has 0 fully saturated rings. The first-order valence-corrected chi connectivity index (χ1v) is 13.3. The van der Waals surface area contributed by atoms with Crippen molar-refractivity contribution in [2.24, 2.45) is 0 Å². The SMILES string of the molecule is Cc1c(-c2cc3cc(Nc4cc5n(n4)CC(=O)N(C)CC5)ncc3c(N)c2F)cnc2c1NS(O)(O)C2. The zero-order valence-corrected chi connectivity index (χ0v) is 20.9. The van der Waals surface area contributed by atoms with Crippen LogP contribution in [0.4, 0.5) is 27.4 Å². The first kappa shape index (κ1) is 23.5. The van der Waals surface area contributed by atoms with Gasteiger partial charge in [-0.3, -0.25) is 28.3 Å². The normalized spacial score (nSPS) is 17.2. The van der Waals surface area contributed by atoms with Gasteiger partial charge in [-0.15, -0.1) is 10.8 Å². The summed E-state index contributed by atoms with van der Waals surface area (Å²) in [6.07, 6.45) is 3.72. The maximum Gasteiger partial charge on any atom is 0.244 e. The Morgan fingerprint density at radius 3 is 2.78 bits per heavy atom. The van der Waals surface area contributed by atoms with E-state index in [2.05, 4.69) is 25.1 Å². The second-order valence-corrected chi connectivity index (χ2v) is 11.2. The first-order chi connectivity index (χ1) is 17.6. The highest BCUT2D eigenvalue weighted by atomic mass is 32.3. The van der Waals surface area contributed by atoms with Crippen molar-refractivity contribution in [1.29, 1.82) is 0 Å². The number of nitrogens with two attached hydrogens (primary N) is 1. The number of hydrogen-bond acceptors (Lipinski definition) is 9. The minimum absolute atomic E-state index is 0.00104. The van der Waals surface area contributed by atoms with E-state index in [9.17, 15) is 13.9 Å². The quantitative estimate of drug-likeness (QED) is 0.251. The number of fused-ring (bicyclic) bond motifs is 3. The Morgan fingerprint density at radius 2 is 1.97 bits per heavy atom. The molecule has 0 bridgehead atoms. The molecule has 1 amide bonds. The molecule has 4 aromatic rings. The van der Waals surface area contributed by atoms with Gasteiger partial charge in [0.1, 0.15) is 18.1 Å². The molecule has 0 aliphatic carbocycles. The highest BCUT2D eigenvalue weighted by Gasteiger charge is 2.29. The maximum absolute atomic E-state index is 15.4. The number of halogens is 1. The zero-order chi connectivity index (χ0) is 26.1. The number of amides is 1. The molecule has 1 aromatic carbocycles. The number of rotatable bonds is 3. The van der Waals surface area contributed by atoms with E-state index < -0.39 is 16.6 Å².